The van der Waals surface area contributed by atoms with Crippen LogP contribution in [0.3, 0.4) is 0 Å². The van der Waals surface area contributed by atoms with E-state index in [-0.39, 0.29) is 5.97 Å². The van der Waals surface area contributed by atoms with Crippen LogP contribution in [0.25, 0.3) is 11.3 Å². The molecule has 1 aromatic carbocycles. The topological polar surface area (TPSA) is 31.2 Å². The minimum Gasteiger partial charge on any atom is -0.462 e. The molecule has 118 valence electrons. The van der Waals surface area contributed by atoms with Gasteiger partial charge in [0.05, 0.1) is 12.2 Å². The molecule has 3 nitrogen and oxygen atoms in total. The van der Waals surface area contributed by atoms with Crippen molar-refractivity contribution in [3.05, 3.63) is 47.2 Å². The number of carbonyl (C=O) groups is 1. The molecule has 0 saturated carbocycles. The van der Waals surface area contributed by atoms with E-state index in [1.165, 1.54) is 5.56 Å². The fraction of sp³-hybridized carbons (Fsp3) is 0.421. The molecule has 0 fully saturated rings. The zero-order valence-corrected chi connectivity index (χ0v) is 14.0. The van der Waals surface area contributed by atoms with Crippen molar-refractivity contribution in [3.8, 4) is 11.3 Å². The highest BCUT2D eigenvalue weighted by molar-refractivity contribution is 5.92. The first-order valence-corrected chi connectivity index (χ1v) is 8.02. The predicted molar refractivity (Wildman–Crippen MR) is 90.2 cm³/mol. The third kappa shape index (κ3) is 3.41. The minimum absolute atomic E-state index is 0.233. The summed E-state index contributed by atoms with van der Waals surface area (Å²) in [5.74, 6) is -0.233. The second kappa shape index (κ2) is 7.30. The Balaban J connectivity index is 2.48. The van der Waals surface area contributed by atoms with E-state index in [0.29, 0.717) is 12.2 Å². The molecule has 0 aliphatic heterocycles. The van der Waals surface area contributed by atoms with E-state index in [2.05, 4.69) is 42.7 Å². The van der Waals surface area contributed by atoms with E-state index in [9.17, 15) is 4.79 Å². The monoisotopic (exact) mass is 299 g/mol. The fourth-order valence-corrected chi connectivity index (χ4v) is 2.63. The van der Waals surface area contributed by atoms with Crippen LogP contribution in [0.1, 0.15) is 48.3 Å². The molecule has 0 amide bonds. The second-order valence-corrected chi connectivity index (χ2v) is 5.62. The van der Waals surface area contributed by atoms with Gasteiger partial charge in [-0.05, 0) is 38.8 Å². The van der Waals surface area contributed by atoms with Gasteiger partial charge in [-0.15, -0.1) is 0 Å². The van der Waals surface area contributed by atoms with Crippen LogP contribution < -0.4 is 0 Å². The van der Waals surface area contributed by atoms with Gasteiger partial charge in [-0.25, -0.2) is 4.79 Å². The first-order chi connectivity index (χ1) is 10.6. The lowest BCUT2D eigenvalue weighted by atomic mass is 10.1. The molecular weight excluding hydrogens is 274 g/mol. The summed E-state index contributed by atoms with van der Waals surface area (Å²) in [6.45, 7) is 9.41. The van der Waals surface area contributed by atoms with E-state index in [0.717, 1.165) is 36.3 Å². The first-order valence-electron chi connectivity index (χ1n) is 8.02. The van der Waals surface area contributed by atoms with E-state index >= 15 is 0 Å². The lowest BCUT2D eigenvalue weighted by Crippen LogP contribution is -2.07. The molecule has 1 aromatic heterocycles. The van der Waals surface area contributed by atoms with Crippen molar-refractivity contribution in [2.75, 3.05) is 6.61 Å². The molecule has 0 unspecified atom stereocenters. The molecule has 0 saturated heterocycles. The van der Waals surface area contributed by atoms with E-state index in [4.69, 9.17) is 4.74 Å². The SMILES string of the molecule is CCCCn1c(-c2ccc(C)cc2)cc(C(=O)OCC)c1C. The summed E-state index contributed by atoms with van der Waals surface area (Å²) in [6.07, 6.45) is 2.22. The quantitative estimate of drug-likeness (QED) is 0.721. The molecular formula is C19H25NO2. The molecule has 22 heavy (non-hydrogen) atoms. The Bertz CT molecular complexity index is 638. The van der Waals surface area contributed by atoms with Gasteiger partial charge in [0.25, 0.3) is 0 Å². The van der Waals surface area contributed by atoms with Crippen molar-refractivity contribution in [1.82, 2.24) is 4.57 Å². The van der Waals surface area contributed by atoms with Crippen LogP contribution in [-0.4, -0.2) is 17.1 Å². The molecule has 1 heterocycles. The molecule has 0 atom stereocenters. The van der Waals surface area contributed by atoms with Gasteiger partial charge < -0.3 is 9.30 Å². The number of aromatic nitrogens is 1. The van der Waals surface area contributed by atoms with Crippen LogP contribution in [0.5, 0.6) is 0 Å². The Morgan fingerprint density at radius 1 is 1.14 bits per heavy atom. The summed E-state index contributed by atoms with van der Waals surface area (Å²) in [5, 5.41) is 0. The fourth-order valence-electron chi connectivity index (χ4n) is 2.63. The van der Waals surface area contributed by atoms with Gasteiger partial charge in [0.15, 0.2) is 0 Å². The van der Waals surface area contributed by atoms with Crippen LogP contribution in [0.15, 0.2) is 30.3 Å². The van der Waals surface area contributed by atoms with Gasteiger partial charge >= 0.3 is 5.97 Å². The summed E-state index contributed by atoms with van der Waals surface area (Å²) in [7, 11) is 0. The number of hydrogen-bond acceptors (Lipinski definition) is 2. The number of nitrogens with zero attached hydrogens (tertiary/aromatic N) is 1. The molecule has 0 N–H and O–H groups in total. The summed E-state index contributed by atoms with van der Waals surface area (Å²) in [6, 6.07) is 10.4. The maximum Gasteiger partial charge on any atom is 0.339 e. The molecule has 3 heteroatoms. The van der Waals surface area contributed by atoms with Crippen molar-refractivity contribution in [1.29, 1.82) is 0 Å². The normalized spacial score (nSPS) is 10.7. The van der Waals surface area contributed by atoms with E-state index < -0.39 is 0 Å². The Hall–Kier alpha value is -2.03. The molecule has 0 spiro atoms. The van der Waals surface area contributed by atoms with Gasteiger partial charge in [-0.2, -0.15) is 0 Å². The standard InChI is InChI=1S/C19H25NO2/c1-5-7-12-20-15(4)17(19(21)22-6-2)13-18(20)16-10-8-14(3)9-11-16/h8-11,13H,5-7,12H2,1-4H3. The summed E-state index contributed by atoms with van der Waals surface area (Å²) < 4.78 is 7.42. The number of esters is 1. The Morgan fingerprint density at radius 2 is 1.82 bits per heavy atom. The third-order valence-corrected chi connectivity index (χ3v) is 3.94. The number of rotatable bonds is 6. The molecule has 2 rings (SSSR count). The Labute approximate surface area is 132 Å². The maximum atomic E-state index is 12.2. The lowest BCUT2D eigenvalue weighted by Gasteiger charge is -2.11. The highest BCUT2D eigenvalue weighted by Gasteiger charge is 2.19. The Kier molecular flexibility index (Phi) is 5.42. The van der Waals surface area contributed by atoms with Gasteiger partial charge in [0.1, 0.15) is 0 Å². The summed E-state index contributed by atoms with van der Waals surface area (Å²) in [4.78, 5) is 12.2. The third-order valence-electron chi connectivity index (χ3n) is 3.94. The summed E-state index contributed by atoms with van der Waals surface area (Å²) in [5.41, 5.74) is 5.13. The van der Waals surface area contributed by atoms with Gasteiger partial charge in [-0.3, -0.25) is 0 Å². The van der Waals surface area contributed by atoms with Crippen molar-refractivity contribution < 1.29 is 9.53 Å². The van der Waals surface area contributed by atoms with Crippen molar-refractivity contribution in [2.24, 2.45) is 0 Å². The highest BCUT2D eigenvalue weighted by Crippen LogP contribution is 2.27. The number of ether oxygens (including phenoxy) is 1. The number of unbranched alkanes of at least 4 members (excludes halogenated alkanes) is 1. The number of hydrogen-bond donors (Lipinski definition) is 0. The van der Waals surface area contributed by atoms with Crippen LogP contribution in [0, 0.1) is 13.8 Å². The zero-order valence-electron chi connectivity index (χ0n) is 14.0. The number of benzene rings is 1. The van der Waals surface area contributed by atoms with Gasteiger partial charge in [0, 0.05) is 17.9 Å². The van der Waals surface area contributed by atoms with Crippen LogP contribution in [0.2, 0.25) is 0 Å². The first kappa shape index (κ1) is 16.3. The second-order valence-electron chi connectivity index (χ2n) is 5.62. The largest absolute Gasteiger partial charge is 0.462 e. The van der Waals surface area contributed by atoms with Crippen LogP contribution in [-0.2, 0) is 11.3 Å². The van der Waals surface area contributed by atoms with E-state index in [1.54, 1.807) is 0 Å². The van der Waals surface area contributed by atoms with Crippen molar-refractivity contribution in [2.45, 2.75) is 47.1 Å². The number of aryl methyl sites for hydroxylation is 1. The average Bonchev–Trinajstić information content (AvgIpc) is 2.83. The van der Waals surface area contributed by atoms with Gasteiger partial charge in [-0.1, -0.05) is 43.2 Å². The highest BCUT2D eigenvalue weighted by atomic mass is 16.5. The lowest BCUT2D eigenvalue weighted by molar-refractivity contribution is 0.0525. The predicted octanol–water partition coefficient (Wildman–Crippen LogP) is 4.75. The smallest absolute Gasteiger partial charge is 0.339 e. The van der Waals surface area contributed by atoms with E-state index in [1.807, 2.05) is 19.9 Å². The number of carbonyl (C=O) groups excluding carboxylic acids is 1. The van der Waals surface area contributed by atoms with Crippen molar-refractivity contribution in [3.63, 3.8) is 0 Å². The maximum absolute atomic E-state index is 12.2. The van der Waals surface area contributed by atoms with Crippen LogP contribution in [0.4, 0.5) is 0 Å². The average molecular weight is 299 g/mol. The minimum atomic E-state index is -0.233. The van der Waals surface area contributed by atoms with Crippen molar-refractivity contribution >= 4 is 5.97 Å². The molecule has 0 aliphatic rings. The Morgan fingerprint density at radius 3 is 2.41 bits per heavy atom. The zero-order chi connectivity index (χ0) is 16.1. The molecule has 0 bridgehead atoms. The van der Waals surface area contributed by atoms with Crippen LogP contribution >= 0.6 is 0 Å². The van der Waals surface area contributed by atoms with Gasteiger partial charge in [0.2, 0.25) is 0 Å². The molecule has 2 aromatic rings. The molecule has 0 aliphatic carbocycles. The molecule has 0 radical (unpaired) electrons. The summed E-state index contributed by atoms with van der Waals surface area (Å²) >= 11 is 0.